The van der Waals surface area contributed by atoms with Gasteiger partial charge in [-0.05, 0) is 45.5 Å². The molecule has 1 heterocycles. The molecule has 1 aromatic carbocycles. The normalized spacial score (nSPS) is 19.6. The Kier molecular flexibility index (Phi) is 4.84. The molecule has 0 radical (unpaired) electrons. The lowest BCUT2D eigenvalue weighted by molar-refractivity contribution is 0.0527. The number of esters is 1. The Balaban J connectivity index is 2.19. The SMILES string of the molecule is CCOC(=O)c1cccc(N)c1NC1CCCN(C)C1. The number of hydrogen-bond acceptors (Lipinski definition) is 5. The molecule has 5 nitrogen and oxygen atoms in total. The highest BCUT2D eigenvalue weighted by Crippen LogP contribution is 2.26. The number of nitrogens with two attached hydrogens (primary N) is 1. The van der Waals surface area contributed by atoms with Crippen molar-refractivity contribution in [2.24, 2.45) is 0 Å². The molecule has 0 aliphatic carbocycles. The van der Waals surface area contributed by atoms with Crippen LogP contribution in [0.1, 0.15) is 30.1 Å². The maximum atomic E-state index is 12.0. The van der Waals surface area contributed by atoms with E-state index in [0.717, 1.165) is 25.9 Å². The van der Waals surface area contributed by atoms with Gasteiger partial charge in [-0.3, -0.25) is 0 Å². The van der Waals surface area contributed by atoms with Gasteiger partial charge in [0.2, 0.25) is 0 Å². The van der Waals surface area contributed by atoms with Crippen LogP contribution in [-0.2, 0) is 4.74 Å². The second-order valence-electron chi connectivity index (χ2n) is 5.24. The summed E-state index contributed by atoms with van der Waals surface area (Å²) in [5, 5.41) is 3.42. The van der Waals surface area contributed by atoms with E-state index in [4.69, 9.17) is 10.5 Å². The molecule has 1 aliphatic rings. The van der Waals surface area contributed by atoms with Crippen LogP contribution in [0.2, 0.25) is 0 Å². The fraction of sp³-hybridized carbons (Fsp3) is 0.533. The lowest BCUT2D eigenvalue weighted by atomic mass is 10.0. The van der Waals surface area contributed by atoms with Crippen LogP contribution in [0.3, 0.4) is 0 Å². The molecular formula is C15H23N3O2. The van der Waals surface area contributed by atoms with Crippen LogP contribution in [0.4, 0.5) is 11.4 Å². The molecule has 0 amide bonds. The number of para-hydroxylation sites is 1. The van der Waals surface area contributed by atoms with Crippen LogP contribution in [0.25, 0.3) is 0 Å². The molecule has 0 aromatic heterocycles. The summed E-state index contributed by atoms with van der Waals surface area (Å²) >= 11 is 0. The van der Waals surface area contributed by atoms with Gasteiger partial charge in [-0.15, -0.1) is 0 Å². The van der Waals surface area contributed by atoms with Crippen molar-refractivity contribution in [3.05, 3.63) is 23.8 Å². The average Bonchev–Trinajstić information content (AvgIpc) is 2.41. The number of nitrogen functional groups attached to an aromatic ring is 1. The Morgan fingerprint density at radius 3 is 3.05 bits per heavy atom. The Hall–Kier alpha value is -1.75. The van der Waals surface area contributed by atoms with Gasteiger partial charge in [0.05, 0.1) is 23.5 Å². The van der Waals surface area contributed by atoms with E-state index in [9.17, 15) is 4.79 Å². The van der Waals surface area contributed by atoms with Crippen LogP contribution in [0, 0.1) is 0 Å². The van der Waals surface area contributed by atoms with Crippen molar-refractivity contribution < 1.29 is 9.53 Å². The molecule has 0 spiro atoms. The third-order valence-electron chi connectivity index (χ3n) is 3.56. The van der Waals surface area contributed by atoms with E-state index >= 15 is 0 Å². The van der Waals surface area contributed by atoms with Crippen LogP contribution >= 0.6 is 0 Å². The van der Waals surface area contributed by atoms with E-state index in [1.807, 2.05) is 0 Å². The van der Waals surface area contributed by atoms with Crippen LogP contribution < -0.4 is 11.1 Å². The monoisotopic (exact) mass is 277 g/mol. The third kappa shape index (κ3) is 3.42. The van der Waals surface area contributed by atoms with E-state index in [1.165, 1.54) is 0 Å². The lowest BCUT2D eigenvalue weighted by Crippen LogP contribution is -2.40. The van der Waals surface area contributed by atoms with E-state index in [-0.39, 0.29) is 5.97 Å². The number of likely N-dealkylation sites (tertiary alicyclic amines) is 1. The number of anilines is 2. The first kappa shape index (κ1) is 14.7. The van der Waals surface area contributed by atoms with Gasteiger partial charge < -0.3 is 20.7 Å². The highest BCUT2D eigenvalue weighted by atomic mass is 16.5. The molecule has 0 saturated carbocycles. The summed E-state index contributed by atoms with van der Waals surface area (Å²) < 4.78 is 5.09. The number of nitrogens with zero attached hydrogens (tertiary/aromatic N) is 1. The summed E-state index contributed by atoms with van der Waals surface area (Å²) in [7, 11) is 2.11. The molecule has 1 saturated heterocycles. The number of nitrogens with one attached hydrogen (secondary N) is 1. The minimum Gasteiger partial charge on any atom is -0.462 e. The lowest BCUT2D eigenvalue weighted by Gasteiger charge is -2.31. The molecule has 5 heteroatoms. The molecule has 2 rings (SSSR count). The second-order valence-corrected chi connectivity index (χ2v) is 5.24. The molecule has 110 valence electrons. The first-order chi connectivity index (χ1) is 9.61. The molecule has 1 unspecified atom stereocenters. The summed E-state index contributed by atoms with van der Waals surface area (Å²) in [6, 6.07) is 5.65. The largest absolute Gasteiger partial charge is 0.462 e. The molecule has 1 fully saturated rings. The van der Waals surface area contributed by atoms with Crippen molar-refractivity contribution in [2.45, 2.75) is 25.8 Å². The zero-order valence-corrected chi connectivity index (χ0v) is 12.2. The van der Waals surface area contributed by atoms with Gasteiger partial charge in [0.15, 0.2) is 0 Å². The van der Waals surface area contributed by atoms with Crippen molar-refractivity contribution in [1.29, 1.82) is 0 Å². The van der Waals surface area contributed by atoms with Gasteiger partial charge in [-0.25, -0.2) is 4.79 Å². The smallest absolute Gasteiger partial charge is 0.340 e. The maximum Gasteiger partial charge on any atom is 0.340 e. The number of likely N-dealkylation sites (N-methyl/N-ethyl adjacent to an activating group) is 1. The zero-order chi connectivity index (χ0) is 14.5. The molecule has 20 heavy (non-hydrogen) atoms. The number of carbonyl (C=O) groups excluding carboxylic acids is 1. The van der Waals surface area contributed by atoms with Gasteiger partial charge in [0.25, 0.3) is 0 Å². The van der Waals surface area contributed by atoms with Gasteiger partial charge in [0.1, 0.15) is 0 Å². The zero-order valence-electron chi connectivity index (χ0n) is 12.2. The molecule has 3 N–H and O–H groups in total. The standard InChI is InChI=1S/C15H23N3O2/c1-3-20-15(19)12-7-4-8-13(16)14(12)17-11-6-5-9-18(2)10-11/h4,7-8,11,17H,3,5-6,9-10,16H2,1-2H3. The molecular weight excluding hydrogens is 254 g/mol. The Morgan fingerprint density at radius 2 is 2.35 bits per heavy atom. The van der Waals surface area contributed by atoms with E-state index in [2.05, 4.69) is 17.3 Å². The average molecular weight is 277 g/mol. The van der Waals surface area contributed by atoms with Crippen LogP contribution in [0.5, 0.6) is 0 Å². The summed E-state index contributed by atoms with van der Waals surface area (Å²) in [4.78, 5) is 14.3. The quantitative estimate of drug-likeness (QED) is 0.650. The van der Waals surface area contributed by atoms with E-state index in [1.54, 1.807) is 25.1 Å². The third-order valence-corrected chi connectivity index (χ3v) is 3.56. The van der Waals surface area contributed by atoms with Crippen molar-refractivity contribution >= 4 is 17.3 Å². The van der Waals surface area contributed by atoms with Gasteiger partial charge in [-0.1, -0.05) is 6.07 Å². The molecule has 1 aliphatic heterocycles. The Morgan fingerprint density at radius 1 is 1.55 bits per heavy atom. The number of benzene rings is 1. The summed E-state index contributed by atoms with van der Waals surface area (Å²) in [6.45, 7) is 4.23. The van der Waals surface area contributed by atoms with Crippen LogP contribution in [0.15, 0.2) is 18.2 Å². The fourth-order valence-electron chi connectivity index (χ4n) is 2.60. The highest BCUT2D eigenvalue weighted by molar-refractivity contribution is 5.98. The maximum absolute atomic E-state index is 12.0. The van der Waals surface area contributed by atoms with Gasteiger partial charge in [-0.2, -0.15) is 0 Å². The Labute approximate surface area is 120 Å². The number of rotatable bonds is 4. The number of ether oxygens (including phenoxy) is 1. The minimum atomic E-state index is -0.327. The van der Waals surface area contributed by atoms with Crippen molar-refractivity contribution in [1.82, 2.24) is 4.90 Å². The number of hydrogen-bond donors (Lipinski definition) is 2. The summed E-state index contributed by atoms with van der Waals surface area (Å²) in [5.74, 6) is -0.327. The second kappa shape index (κ2) is 6.61. The first-order valence-electron chi connectivity index (χ1n) is 7.12. The van der Waals surface area contributed by atoms with E-state index < -0.39 is 0 Å². The van der Waals surface area contributed by atoms with Gasteiger partial charge >= 0.3 is 5.97 Å². The molecule has 0 bridgehead atoms. The van der Waals surface area contributed by atoms with Gasteiger partial charge in [0, 0.05) is 12.6 Å². The van der Waals surface area contributed by atoms with Crippen molar-refractivity contribution in [2.75, 3.05) is 37.8 Å². The predicted octanol–water partition coefficient (Wildman–Crippen LogP) is 1.95. The first-order valence-corrected chi connectivity index (χ1v) is 7.12. The van der Waals surface area contributed by atoms with E-state index in [0.29, 0.717) is 29.6 Å². The fourth-order valence-corrected chi connectivity index (χ4v) is 2.60. The Bertz CT molecular complexity index is 476. The highest BCUT2D eigenvalue weighted by Gasteiger charge is 2.21. The number of carbonyl (C=O) groups is 1. The van der Waals surface area contributed by atoms with Crippen LogP contribution in [-0.4, -0.2) is 43.7 Å². The number of piperidine rings is 1. The molecule has 1 atom stereocenters. The summed E-state index contributed by atoms with van der Waals surface area (Å²) in [5.41, 5.74) is 7.82. The molecule has 1 aromatic rings. The predicted molar refractivity (Wildman–Crippen MR) is 81.0 cm³/mol. The summed E-state index contributed by atoms with van der Waals surface area (Å²) in [6.07, 6.45) is 2.23. The van der Waals surface area contributed by atoms with Crippen molar-refractivity contribution in [3.8, 4) is 0 Å². The minimum absolute atomic E-state index is 0.312. The topological polar surface area (TPSA) is 67.6 Å². The van der Waals surface area contributed by atoms with Crippen molar-refractivity contribution in [3.63, 3.8) is 0 Å².